The second-order valence-electron chi connectivity index (χ2n) is 5.76. The molecule has 1 fully saturated rings. The first kappa shape index (κ1) is 16.8. The minimum atomic E-state index is -0.108. The van der Waals surface area contributed by atoms with Gasteiger partial charge in [0.1, 0.15) is 0 Å². The van der Waals surface area contributed by atoms with Crippen molar-refractivity contribution in [2.24, 2.45) is 0 Å². The Morgan fingerprint density at radius 3 is 2.54 bits per heavy atom. The third-order valence-electron chi connectivity index (χ3n) is 3.93. The van der Waals surface area contributed by atoms with Gasteiger partial charge in [-0.25, -0.2) is 9.97 Å². The largest absolute Gasteiger partial charge is 0.351 e. The standard InChI is InChI=1S/C18H22N4OS/c23-17(19-8-11-24-14-15-6-2-1-3-7-15)16-12-20-18(21-13-16)22-9-4-5-10-22/h1-3,6-7,12-13H,4-5,8-11,14H2,(H,19,23). The van der Waals surface area contributed by atoms with E-state index in [1.807, 2.05) is 30.0 Å². The highest BCUT2D eigenvalue weighted by atomic mass is 32.2. The van der Waals surface area contributed by atoms with Gasteiger partial charge in [0.2, 0.25) is 5.95 Å². The molecule has 0 radical (unpaired) electrons. The van der Waals surface area contributed by atoms with Crippen LogP contribution in [0.2, 0.25) is 0 Å². The number of anilines is 1. The minimum absolute atomic E-state index is 0.108. The van der Waals surface area contributed by atoms with Crippen LogP contribution in [0.1, 0.15) is 28.8 Å². The van der Waals surface area contributed by atoms with Gasteiger partial charge >= 0.3 is 0 Å². The number of hydrogen-bond donors (Lipinski definition) is 1. The summed E-state index contributed by atoms with van der Waals surface area (Å²) in [6, 6.07) is 10.3. The highest BCUT2D eigenvalue weighted by molar-refractivity contribution is 7.98. The van der Waals surface area contributed by atoms with Gasteiger partial charge in [-0.3, -0.25) is 4.79 Å². The summed E-state index contributed by atoms with van der Waals surface area (Å²) >= 11 is 1.81. The van der Waals surface area contributed by atoms with Crippen LogP contribution in [0.25, 0.3) is 0 Å². The fraction of sp³-hybridized carbons (Fsp3) is 0.389. The van der Waals surface area contributed by atoms with Crippen molar-refractivity contribution >= 4 is 23.6 Å². The maximum Gasteiger partial charge on any atom is 0.254 e. The first-order chi connectivity index (χ1) is 11.8. The van der Waals surface area contributed by atoms with E-state index >= 15 is 0 Å². The summed E-state index contributed by atoms with van der Waals surface area (Å²) in [6.45, 7) is 2.65. The summed E-state index contributed by atoms with van der Waals surface area (Å²) in [5, 5.41) is 2.92. The van der Waals surface area contributed by atoms with Gasteiger partial charge in [0.15, 0.2) is 0 Å². The molecule has 126 valence electrons. The van der Waals surface area contributed by atoms with E-state index in [-0.39, 0.29) is 5.91 Å². The van der Waals surface area contributed by atoms with Crippen molar-refractivity contribution in [3.05, 3.63) is 53.9 Å². The molecule has 0 spiro atoms. The summed E-state index contributed by atoms with van der Waals surface area (Å²) in [5.41, 5.74) is 1.82. The molecular formula is C18H22N4OS. The second kappa shape index (κ2) is 8.68. The molecule has 5 nitrogen and oxygen atoms in total. The summed E-state index contributed by atoms with van der Waals surface area (Å²) in [4.78, 5) is 22.9. The van der Waals surface area contributed by atoms with Crippen LogP contribution in [0.5, 0.6) is 0 Å². The Morgan fingerprint density at radius 2 is 1.83 bits per heavy atom. The molecule has 1 N–H and O–H groups in total. The lowest BCUT2D eigenvalue weighted by atomic mass is 10.2. The van der Waals surface area contributed by atoms with E-state index in [4.69, 9.17) is 0 Å². The molecular weight excluding hydrogens is 320 g/mol. The first-order valence-electron chi connectivity index (χ1n) is 8.30. The fourth-order valence-corrected chi connectivity index (χ4v) is 3.44. The van der Waals surface area contributed by atoms with Gasteiger partial charge < -0.3 is 10.2 Å². The third kappa shape index (κ3) is 4.71. The Morgan fingerprint density at radius 1 is 1.12 bits per heavy atom. The Balaban J connectivity index is 1.38. The summed E-state index contributed by atoms with van der Waals surface area (Å²) < 4.78 is 0. The molecule has 1 aromatic carbocycles. The molecule has 6 heteroatoms. The van der Waals surface area contributed by atoms with Gasteiger partial charge in [0, 0.05) is 43.5 Å². The van der Waals surface area contributed by atoms with Crippen LogP contribution >= 0.6 is 11.8 Å². The predicted octanol–water partition coefficient (Wildman–Crippen LogP) is 2.74. The quantitative estimate of drug-likeness (QED) is 0.784. The number of aromatic nitrogens is 2. The molecule has 24 heavy (non-hydrogen) atoms. The first-order valence-corrected chi connectivity index (χ1v) is 9.45. The number of rotatable bonds is 7. The molecule has 0 unspecified atom stereocenters. The number of thioether (sulfide) groups is 1. The highest BCUT2D eigenvalue weighted by Crippen LogP contribution is 2.15. The predicted molar refractivity (Wildman–Crippen MR) is 98.4 cm³/mol. The highest BCUT2D eigenvalue weighted by Gasteiger charge is 2.15. The number of carbonyl (C=O) groups excluding carboxylic acids is 1. The summed E-state index contributed by atoms with van der Waals surface area (Å²) in [5.74, 6) is 2.46. The number of benzene rings is 1. The van der Waals surface area contributed by atoms with Crippen LogP contribution in [-0.2, 0) is 5.75 Å². The molecule has 2 aromatic rings. The van der Waals surface area contributed by atoms with Crippen LogP contribution in [0.3, 0.4) is 0 Å². The maximum absolute atomic E-state index is 12.1. The second-order valence-corrected chi connectivity index (χ2v) is 6.87. The van der Waals surface area contributed by atoms with Gasteiger partial charge in [0.25, 0.3) is 5.91 Å². The van der Waals surface area contributed by atoms with Crippen LogP contribution in [0, 0.1) is 0 Å². The SMILES string of the molecule is O=C(NCCSCc1ccccc1)c1cnc(N2CCCC2)nc1. The molecule has 0 atom stereocenters. The van der Waals surface area contributed by atoms with Crippen LogP contribution in [0.15, 0.2) is 42.7 Å². The number of nitrogens with one attached hydrogen (secondary N) is 1. The Bertz CT molecular complexity index is 642. The maximum atomic E-state index is 12.1. The zero-order valence-electron chi connectivity index (χ0n) is 13.6. The number of carbonyl (C=O) groups is 1. The van der Waals surface area contributed by atoms with Crippen LogP contribution in [-0.4, -0.2) is 41.3 Å². The van der Waals surface area contributed by atoms with Crippen LogP contribution in [0.4, 0.5) is 5.95 Å². The molecule has 1 aliphatic heterocycles. The molecule has 0 saturated carbocycles. The average molecular weight is 342 g/mol. The lowest BCUT2D eigenvalue weighted by molar-refractivity contribution is 0.0955. The van der Waals surface area contributed by atoms with Gasteiger partial charge in [-0.15, -0.1) is 0 Å². The van der Waals surface area contributed by atoms with Gasteiger partial charge in [-0.05, 0) is 18.4 Å². The van der Waals surface area contributed by atoms with Gasteiger partial charge in [-0.1, -0.05) is 30.3 Å². The minimum Gasteiger partial charge on any atom is -0.351 e. The fourth-order valence-electron chi connectivity index (χ4n) is 2.62. The number of nitrogens with zero attached hydrogens (tertiary/aromatic N) is 3. The normalized spacial score (nSPS) is 13.9. The monoisotopic (exact) mass is 342 g/mol. The molecule has 0 aliphatic carbocycles. The lowest BCUT2D eigenvalue weighted by Crippen LogP contribution is -2.26. The molecule has 0 bridgehead atoms. The van der Waals surface area contributed by atoms with Crippen molar-refractivity contribution in [3.8, 4) is 0 Å². The van der Waals surface area contributed by atoms with Crippen molar-refractivity contribution in [2.75, 3.05) is 30.3 Å². The molecule has 1 saturated heterocycles. The average Bonchev–Trinajstić information content (AvgIpc) is 3.17. The Hall–Kier alpha value is -2.08. The van der Waals surface area contributed by atoms with Gasteiger partial charge in [0.05, 0.1) is 5.56 Å². The third-order valence-corrected chi connectivity index (χ3v) is 4.96. The molecule has 2 heterocycles. The summed E-state index contributed by atoms with van der Waals surface area (Å²) in [6.07, 6.45) is 5.61. The van der Waals surface area contributed by atoms with E-state index in [0.717, 1.165) is 30.5 Å². The lowest BCUT2D eigenvalue weighted by Gasteiger charge is -2.14. The zero-order valence-corrected chi connectivity index (χ0v) is 14.5. The van der Waals surface area contributed by atoms with E-state index in [9.17, 15) is 4.79 Å². The van der Waals surface area contributed by atoms with Crippen molar-refractivity contribution in [3.63, 3.8) is 0 Å². The van der Waals surface area contributed by atoms with E-state index < -0.39 is 0 Å². The zero-order chi connectivity index (χ0) is 16.6. The van der Waals surface area contributed by atoms with Crippen molar-refractivity contribution in [2.45, 2.75) is 18.6 Å². The molecule has 3 rings (SSSR count). The van der Waals surface area contributed by atoms with E-state index in [2.05, 4.69) is 32.3 Å². The van der Waals surface area contributed by atoms with E-state index in [1.165, 1.54) is 18.4 Å². The Kier molecular flexibility index (Phi) is 6.07. The van der Waals surface area contributed by atoms with E-state index in [0.29, 0.717) is 12.1 Å². The van der Waals surface area contributed by atoms with Crippen molar-refractivity contribution in [1.29, 1.82) is 0 Å². The van der Waals surface area contributed by atoms with Crippen LogP contribution < -0.4 is 10.2 Å². The van der Waals surface area contributed by atoms with Crippen molar-refractivity contribution in [1.82, 2.24) is 15.3 Å². The Labute approximate surface area is 146 Å². The molecule has 1 aromatic heterocycles. The van der Waals surface area contributed by atoms with Gasteiger partial charge in [-0.2, -0.15) is 11.8 Å². The topological polar surface area (TPSA) is 58.1 Å². The van der Waals surface area contributed by atoms with Crippen molar-refractivity contribution < 1.29 is 4.79 Å². The summed E-state index contributed by atoms with van der Waals surface area (Å²) in [7, 11) is 0. The number of hydrogen-bond acceptors (Lipinski definition) is 5. The number of amides is 1. The molecule has 1 amide bonds. The van der Waals surface area contributed by atoms with E-state index in [1.54, 1.807) is 12.4 Å². The molecule has 1 aliphatic rings. The smallest absolute Gasteiger partial charge is 0.254 e.